The first-order valence-corrected chi connectivity index (χ1v) is 5.84. The summed E-state index contributed by atoms with van der Waals surface area (Å²) in [6.45, 7) is 5.77. The molecule has 0 bridgehead atoms. The van der Waals surface area contributed by atoms with Crippen molar-refractivity contribution < 1.29 is 8.91 Å². The molecule has 2 rings (SSSR count). The lowest BCUT2D eigenvalue weighted by molar-refractivity contribution is 0.325. The average molecular weight is 249 g/mol. The Morgan fingerprint density at radius 3 is 2.67 bits per heavy atom. The van der Waals surface area contributed by atoms with Gasteiger partial charge in [-0.15, -0.1) is 0 Å². The van der Waals surface area contributed by atoms with Crippen LogP contribution in [0.1, 0.15) is 31.3 Å². The zero-order valence-corrected chi connectivity index (χ0v) is 10.6. The summed E-state index contributed by atoms with van der Waals surface area (Å²) in [4.78, 5) is 4.27. The number of benzene rings is 1. The number of nitrogens with zero attached hydrogens (tertiary/aromatic N) is 2. The Labute approximate surface area is 105 Å². The van der Waals surface area contributed by atoms with Crippen LogP contribution in [-0.2, 0) is 0 Å². The zero-order valence-electron chi connectivity index (χ0n) is 10.6. The van der Waals surface area contributed by atoms with E-state index in [1.54, 1.807) is 13.0 Å². The molecule has 2 aromatic rings. The highest BCUT2D eigenvalue weighted by atomic mass is 19.1. The first-order valence-electron chi connectivity index (χ1n) is 5.84. The highest BCUT2D eigenvalue weighted by Crippen LogP contribution is 2.24. The van der Waals surface area contributed by atoms with E-state index < -0.39 is 0 Å². The Balaban J connectivity index is 2.35. The van der Waals surface area contributed by atoms with Gasteiger partial charge in [-0.1, -0.05) is 19.0 Å². The normalized spacial score (nSPS) is 13.0. The Bertz CT molecular complexity index is 551. The number of aromatic nitrogens is 2. The predicted octanol–water partition coefficient (Wildman–Crippen LogP) is 2.84. The van der Waals surface area contributed by atoms with Gasteiger partial charge in [-0.2, -0.15) is 4.98 Å². The molecule has 1 atom stereocenters. The second-order valence-corrected chi connectivity index (χ2v) is 4.69. The summed E-state index contributed by atoms with van der Waals surface area (Å²) in [6.07, 6.45) is 0. The first-order chi connectivity index (χ1) is 8.49. The van der Waals surface area contributed by atoms with Gasteiger partial charge >= 0.3 is 0 Å². The molecule has 96 valence electrons. The Morgan fingerprint density at radius 2 is 2.06 bits per heavy atom. The van der Waals surface area contributed by atoms with Crippen molar-refractivity contribution in [3.8, 4) is 11.4 Å². The van der Waals surface area contributed by atoms with Crippen LogP contribution in [0.3, 0.4) is 0 Å². The summed E-state index contributed by atoms with van der Waals surface area (Å²) in [7, 11) is 0. The lowest BCUT2D eigenvalue weighted by Crippen LogP contribution is -2.16. The van der Waals surface area contributed by atoms with Gasteiger partial charge in [-0.05, 0) is 36.6 Å². The van der Waals surface area contributed by atoms with E-state index in [1.807, 2.05) is 13.8 Å². The van der Waals surface area contributed by atoms with Gasteiger partial charge in [-0.3, -0.25) is 0 Å². The maximum atomic E-state index is 13.0. The van der Waals surface area contributed by atoms with Crippen molar-refractivity contribution in [1.82, 2.24) is 10.1 Å². The number of nitrogens with two attached hydrogens (primary N) is 1. The van der Waals surface area contributed by atoms with Crippen LogP contribution in [0.2, 0.25) is 0 Å². The van der Waals surface area contributed by atoms with Gasteiger partial charge in [0.1, 0.15) is 5.82 Å². The fourth-order valence-corrected chi connectivity index (χ4v) is 1.64. The lowest BCUT2D eigenvalue weighted by Gasteiger charge is -2.09. The molecule has 0 saturated heterocycles. The molecule has 0 saturated carbocycles. The minimum absolute atomic E-state index is 0.215. The van der Waals surface area contributed by atoms with Crippen molar-refractivity contribution >= 4 is 0 Å². The molecule has 5 heteroatoms. The van der Waals surface area contributed by atoms with Crippen molar-refractivity contribution in [3.05, 3.63) is 35.5 Å². The Kier molecular flexibility index (Phi) is 3.43. The highest BCUT2D eigenvalue weighted by Gasteiger charge is 2.19. The van der Waals surface area contributed by atoms with Crippen LogP contribution in [0.25, 0.3) is 11.4 Å². The number of hydrogen-bond donors (Lipinski definition) is 1. The predicted molar refractivity (Wildman–Crippen MR) is 66.2 cm³/mol. The molecule has 0 aliphatic rings. The van der Waals surface area contributed by atoms with Gasteiger partial charge < -0.3 is 10.3 Å². The van der Waals surface area contributed by atoms with Crippen molar-refractivity contribution in [2.24, 2.45) is 11.7 Å². The lowest BCUT2D eigenvalue weighted by atomic mass is 10.1. The summed E-state index contributed by atoms with van der Waals surface area (Å²) in [5.74, 6) is 0.786. The maximum Gasteiger partial charge on any atom is 0.244 e. The fourth-order valence-electron chi connectivity index (χ4n) is 1.64. The molecule has 1 unspecified atom stereocenters. The van der Waals surface area contributed by atoms with E-state index in [4.69, 9.17) is 10.3 Å². The first kappa shape index (κ1) is 12.7. The fraction of sp³-hybridized carbons (Fsp3) is 0.385. The van der Waals surface area contributed by atoms with E-state index >= 15 is 0 Å². The monoisotopic (exact) mass is 249 g/mol. The molecular weight excluding hydrogens is 233 g/mol. The van der Waals surface area contributed by atoms with Crippen LogP contribution in [-0.4, -0.2) is 10.1 Å². The summed E-state index contributed by atoms with van der Waals surface area (Å²) in [5.41, 5.74) is 7.45. The summed E-state index contributed by atoms with van der Waals surface area (Å²) < 4.78 is 18.2. The van der Waals surface area contributed by atoms with Crippen molar-refractivity contribution in [2.75, 3.05) is 0 Å². The van der Waals surface area contributed by atoms with Crippen LogP contribution in [0, 0.1) is 18.7 Å². The zero-order chi connectivity index (χ0) is 13.3. The quantitative estimate of drug-likeness (QED) is 0.908. The SMILES string of the molecule is Cc1cc(F)ccc1-c1noc(C(N)C(C)C)n1. The van der Waals surface area contributed by atoms with E-state index in [1.165, 1.54) is 12.1 Å². The summed E-state index contributed by atoms with van der Waals surface area (Å²) in [5, 5.41) is 3.89. The van der Waals surface area contributed by atoms with Crippen molar-refractivity contribution in [2.45, 2.75) is 26.8 Å². The molecule has 2 N–H and O–H groups in total. The Hall–Kier alpha value is -1.75. The van der Waals surface area contributed by atoms with Crippen LogP contribution in [0.5, 0.6) is 0 Å². The second kappa shape index (κ2) is 4.86. The number of hydrogen-bond acceptors (Lipinski definition) is 4. The third kappa shape index (κ3) is 2.41. The van der Waals surface area contributed by atoms with E-state index in [9.17, 15) is 4.39 Å². The molecular formula is C13H16FN3O. The molecule has 18 heavy (non-hydrogen) atoms. The third-order valence-electron chi connectivity index (χ3n) is 2.87. The molecule has 1 heterocycles. The van der Waals surface area contributed by atoms with E-state index in [2.05, 4.69) is 10.1 Å². The topological polar surface area (TPSA) is 64.9 Å². The van der Waals surface area contributed by atoms with Crippen LogP contribution in [0.15, 0.2) is 22.7 Å². The molecule has 0 amide bonds. The van der Waals surface area contributed by atoms with Crippen molar-refractivity contribution in [1.29, 1.82) is 0 Å². The molecule has 1 aromatic carbocycles. The van der Waals surface area contributed by atoms with Gasteiger partial charge in [0.15, 0.2) is 0 Å². The van der Waals surface area contributed by atoms with Crippen LogP contribution in [0.4, 0.5) is 4.39 Å². The number of rotatable bonds is 3. The van der Waals surface area contributed by atoms with Gasteiger partial charge in [0.2, 0.25) is 11.7 Å². The third-order valence-corrected chi connectivity index (χ3v) is 2.87. The smallest absolute Gasteiger partial charge is 0.244 e. The molecule has 0 aliphatic carbocycles. The molecule has 0 aliphatic heterocycles. The summed E-state index contributed by atoms with van der Waals surface area (Å²) >= 11 is 0. The summed E-state index contributed by atoms with van der Waals surface area (Å²) in [6, 6.07) is 4.17. The van der Waals surface area contributed by atoms with E-state index in [-0.39, 0.29) is 17.8 Å². The van der Waals surface area contributed by atoms with Crippen LogP contribution < -0.4 is 5.73 Å². The van der Waals surface area contributed by atoms with Gasteiger partial charge in [0.25, 0.3) is 0 Å². The second-order valence-electron chi connectivity index (χ2n) is 4.69. The van der Waals surface area contributed by atoms with E-state index in [0.717, 1.165) is 11.1 Å². The van der Waals surface area contributed by atoms with Crippen LogP contribution >= 0.6 is 0 Å². The maximum absolute atomic E-state index is 13.0. The van der Waals surface area contributed by atoms with E-state index in [0.29, 0.717) is 11.7 Å². The van der Waals surface area contributed by atoms with Gasteiger partial charge in [0, 0.05) is 5.56 Å². The van der Waals surface area contributed by atoms with Crippen molar-refractivity contribution in [3.63, 3.8) is 0 Å². The van der Waals surface area contributed by atoms with Gasteiger partial charge in [0.05, 0.1) is 6.04 Å². The largest absolute Gasteiger partial charge is 0.337 e. The molecule has 0 spiro atoms. The number of halogens is 1. The molecule has 0 fully saturated rings. The molecule has 0 radical (unpaired) electrons. The van der Waals surface area contributed by atoms with Gasteiger partial charge in [-0.25, -0.2) is 4.39 Å². The standard InChI is InChI=1S/C13H16FN3O/c1-7(2)11(15)13-16-12(17-18-13)10-5-4-9(14)6-8(10)3/h4-7,11H,15H2,1-3H3. The number of aryl methyl sites for hydroxylation is 1. The minimum atomic E-state index is -0.285. The minimum Gasteiger partial charge on any atom is -0.337 e. The molecule has 1 aromatic heterocycles. The Morgan fingerprint density at radius 1 is 1.33 bits per heavy atom. The highest BCUT2D eigenvalue weighted by molar-refractivity contribution is 5.59. The molecule has 4 nitrogen and oxygen atoms in total. The average Bonchev–Trinajstić information content (AvgIpc) is 2.77.